The first kappa shape index (κ1) is 14.4. The number of pyridine rings is 1. The molecule has 0 amide bonds. The lowest BCUT2D eigenvalue weighted by molar-refractivity contribution is 0.475. The summed E-state index contributed by atoms with van der Waals surface area (Å²) in [5.41, 5.74) is 2.84. The van der Waals surface area contributed by atoms with Gasteiger partial charge in [0.25, 0.3) is 0 Å². The number of hydrogen-bond donors (Lipinski definition) is 2. The Hall–Kier alpha value is -2.52. The number of benzene rings is 2. The number of halogens is 1. The largest absolute Gasteiger partial charge is 0.508 e. The molecular formula is C18H14ClNO2. The third kappa shape index (κ3) is 3.05. The number of rotatable bonds is 3. The summed E-state index contributed by atoms with van der Waals surface area (Å²) in [6, 6.07) is 17.7. The summed E-state index contributed by atoms with van der Waals surface area (Å²) in [4.78, 5) is 4.42. The zero-order valence-corrected chi connectivity index (χ0v) is 12.4. The molecule has 0 aliphatic carbocycles. The van der Waals surface area contributed by atoms with Crippen molar-refractivity contribution in [3.05, 3.63) is 88.7 Å². The molecule has 2 aromatic carbocycles. The Labute approximate surface area is 133 Å². The molecule has 1 heterocycles. The Morgan fingerprint density at radius 2 is 1.23 bits per heavy atom. The predicted molar refractivity (Wildman–Crippen MR) is 86.4 cm³/mol. The van der Waals surface area contributed by atoms with Crippen LogP contribution in [0.15, 0.2) is 66.9 Å². The van der Waals surface area contributed by atoms with E-state index in [-0.39, 0.29) is 17.4 Å². The second-order valence-electron chi connectivity index (χ2n) is 5.02. The van der Waals surface area contributed by atoms with Crippen molar-refractivity contribution in [3.8, 4) is 11.5 Å². The number of hydrogen-bond acceptors (Lipinski definition) is 3. The molecule has 0 unspecified atom stereocenters. The topological polar surface area (TPSA) is 53.4 Å². The normalized spacial score (nSPS) is 10.8. The fourth-order valence-electron chi connectivity index (χ4n) is 2.43. The predicted octanol–water partition coefficient (Wildman–Crippen LogP) is 4.33. The first-order valence-electron chi connectivity index (χ1n) is 6.83. The van der Waals surface area contributed by atoms with Crippen molar-refractivity contribution in [1.82, 2.24) is 4.98 Å². The lowest BCUT2D eigenvalue weighted by Crippen LogP contribution is -2.05. The van der Waals surface area contributed by atoms with Gasteiger partial charge in [0.1, 0.15) is 11.5 Å². The van der Waals surface area contributed by atoms with E-state index in [2.05, 4.69) is 4.98 Å². The van der Waals surface area contributed by atoms with Gasteiger partial charge in [-0.05, 0) is 47.5 Å². The maximum absolute atomic E-state index is 9.49. The highest BCUT2D eigenvalue weighted by molar-refractivity contribution is 6.30. The maximum atomic E-state index is 9.49. The third-order valence-electron chi connectivity index (χ3n) is 3.50. The lowest BCUT2D eigenvalue weighted by atomic mass is 9.88. The van der Waals surface area contributed by atoms with Gasteiger partial charge in [-0.15, -0.1) is 0 Å². The molecule has 0 radical (unpaired) electrons. The van der Waals surface area contributed by atoms with Crippen molar-refractivity contribution < 1.29 is 10.2 Å². The lowest BCUT2D eigenvalue weighted by Gasteiger charge is -2.18. The van der Waals surface area contributed by atoms with Crippen LogP contribution in [0.4, 0.5) is 0 Å². The van der Waals surface area contributed by atoms with Crippen molar-refractivity contribution in [3.63, 3.8) is 0 Å². The zero-order valence-electron chi connectivity index (χ0n) is 11.6. The van der Waals surface area contributed by atoms with Gasteiger partial charge in [-0.3, -0.25) is 4.98 Å². The van der Waals surface area contributed by atoms with Crippen molar-refractivity contribution in [2.75, 3.05) is 0 Å². The average molecular weight is 312 g/mol. The summed E-state index contributed by atoms with van der Waals surface area (Å²) in [5.74, 6) is 0.341. The van der Waals surface area contributed by atoms with Gasteiger partial charge in [0, 0.05) is 6.20 Å². The van der Waals surface area contributed by atoms with Gasteiger partial charge in [-0.25, -0.2) is 0 Å². The molecule has 3 rings (SSSR count). The van der Waals surface area contributed by atoms with Crippen LogP contribution >= 0.6 is 11.6 Å². The van der Waals surface area contributed by atoms with Crippen molar-refractivity contribution in [2.45, 2.75) is 5.92 Å². The molecule has 2 N–H and O–H groups in total. The van der Waals surface area contributed by atoms with Crippen LogP contribution < -0.4 is 0 Å². The molecule has 0 fully saturated rings. The molecule has 22 heavy (non-hydrogen) atoms. The molecule has 110 valence electrons. The Morgan fingerprint density at radius 3 is 1.64 bits per heavy atom. The summed E-state index contributed by atoms with van der Waals surface area (Å²) in [6.07, 6.45) is 1.62. The van der Waals surface area contributed by atoms with Crippen LogP contribution in [0.2, 0.25) is 5.02 Å². The Morgan fingerprint density at radius 1 is 0.727 bits per heavy atom. The monoisotopic (exact) mass is 311 g/mol. The Bertz CT molecular complexity index is 644. The number of nitrogens with zero attached hydrogens (tertiary/aromatic N) is 1. The molecule has 3 aromatic rings. The van der Waals surface area contributed by atoms with Crippen LogP contribution in [0.25, 0.3) is 0 Å². The fraction of sp³-hybridized carbons (Fsp3) is 0.0556. The molecule has 0 atom stereocenters. The average Bonchev–Trinajstić information content (AvgIpc) is 2.53. The smallest absolute Gasteiger partial charge is 0.115 e. The second-order valence-corrected chi connectivity index (χ2v) is 5.45. The van der Waals surface area contributed by atoms with Crippen molar-refractivity contribution in [1.29, 1.82) is 0 Å². The Balaban J connectivity index is 2.10. The Kier molecular flexibility index (Phi) is 3.98. The summed E-state index contributed by atoms with van der Waals surface area (Å²) < 4.78 is 0. The van der Waals surface area contributed by atoms with Crippen LogP contribution in [0.1, 0.15) is 22.7 Å². The molecule has 0 aliphatic heterocycles. The van der Waals surface area contributed by atoms with E-state index in [0.29, 0.717) is 5.02 Å². The molecule has 0 saturated carbocycles. The molecule has 3 nitrogen and oxygen atoms in total. The van der Waals surface area contributed by atoms with Crippen LogP contribution in [0.3, 0.4) is 0 Å². The van der Waals surface area contributed by atoms with Crippen molar-refractivity contribution >= 4 is 11.6 Å². The maximum Gasteiger partial charge on any atom is 0.115 e. The highest BCUT2D eigenvalue weighted by Gasteiger charge is 2.18. The minimum atomic E-state index is -0.0986. The minimum Gasteiger partial charge on any atom is -0.508 e. The van der Waals surface area contributed by atoms with Gasteiger partial charge in [0.15, 0.2) is 0 Å². The highest BCUT2D eigenvalue weighted by Crippen LogP contribution is 2.32. The van der Waals surface area contributed by atoms with E-state index in [1.165, 1.54) is 0 Å². The number of phenols is 2. The fourth-order valence-corrected chi connectivity index (χ4v) is 2.54. The van der Waals surface area contributed by atoms with Gasteiger partial charge in [-0.2, -0.15) is 0 Å². The van der Waals surface area contributed by atoms with E-state index in [9.17, 15) is 10.2 Å². The van der Waals surface area contributed by atoms with Gasteiger partial charge in [0.2, 0.25) is 0 Å². The SMILES string of the molecule is Oc1ccc(C(c2ccc(O)cc2)c2ccc(Cl)cn2)cc1. The van der Waals surface area contributed by atoms with Gasteiger partial charge < -0.3 is 10.2 Å². The first-order valence-corrected chi connectivity index (χ1v) is 7.20. The van der Waals surface area contributed by atoms with Crippen LogP contribution in [0.5, 0.6) is 11.5 Å². The van der Waals surface area contributed by atoms with Crippen LogP contribution in [0, 0.1) is 0 Å². The van der Waals surface area contributed by atoms with Crippen molar-refractivity contribution in [2.24, 2.45) is 0 Å². The van der Waals surface area contributed by atoms with E-state index in [0.717, 1.165) is 16.8 Å². The van der Waals surface area contributed by atoms with E-state index >= 15 is 0 Å². The molecule has 0 spiro atoms. The number of aromatic hydroxyl groups is 2. The second kappa shape index (κ2) is 6.08. The summed E-state index contributed by atoms with van der Waals surface area (Å²) >= 11 is 5.92. The van der Waals surface area contributed by atoms with E-state index in [4.69, 9.17) is 11.6 Å². The molecule has 1 aromatic heterocycles. The number of aromatic nitrogens is 1. The molecule has 4 heteroatoms. The molecular weight excluding hydrogens is 298 g/mol. The first-order chi connectivity index (χ1) is 10.6. The van der Waals surface area contributed by atoms with Crippen LogP contribution in [-0.4, -0.2) is 15.2 Å². The molecule has 0 bridgehead atoms. The van der Waals surface area contributed by atoms with E-state index < -0.39 is 0 Å². The van der Waals surface area contributed by atoms with E-state index in [1.807, 2.05) is 30.3 Å². The van der Waals surface area contributed by atoms with Gasteiger partial charge >= 0.3 is 0 Å². The zero-order chi connectivity index (χ0) is 15.5. The standard InChI is InChI=1S/C18H14ClNO2/c19-14-5-10-17(20-11-14)18(12-1-6-15(21)7-2-12)13-3-8-16(22)9-4-13/h1-11,18,21-22H. The van der Waals surface area contributed by atoms with Gasteiger partial charge in [0.05, 0.1) is 16.6 Å². The molecule has 0 aliphatic rings. The summed E-state index contributed by atoms with van der Waals surface area (Å²) in [7, 11) is 0. The van der Waals surface area contributed by atoms with Crippen LogP contribution in [-0.2, 0) is 0 Å². The summed E-state index contributed by atoms with van der Waals surface area (Å²) in [5, 5.41) is 19.6. The minimum absolute atomic E-state index is 0.0986. The third-order valence-corrected chi connectivity index (χ3v) is 3.72. The number of phenolic OH excluding ortho intramolecular Hbond substituents is 2. The summed E-state index contributed by atoms with van der Waals surface area (Å²) in [6.45, 7) is 0. The van der Waals surface area contributed by atoms with Gasteiger partial charge in [-0.1, -0.05) is 35.9 Å². The quantitative estimate of drug-likeness (QED) is 0.757. The molecule has 0 saturated heterocycles. The van der Waals surface area contributed by atoms with E-state index in [1.54, 1.807) is 36.5 Å². The highest BCUT2D eigenvalue weighted by atomic mass is 35.5.